The summed E-state index contributed by atoms with van der Waals surface area (Å²) in [4.78, 5) is 13.5. The van der Waals surface area contributed by atoms with Crippen LogP contribution in [-0.2, 0) is 14.3 Å². The van der Waals surface area contributed by atoms with Crippen molar-refractivity contribution in [2.75, 3.05) is 40.5 Å². The molecule has 0 aromatic carbocycles. The van der Waals surface area contributed by atoms with Crippen molar-refractivity contribution >= 4 is 5.97 Å². The van der Waals surface area contributed by atoms with Crippen LogP contribution in [0.1, 0.15) is 27.2 Å². The second-order valence-corrected chi connectivity index (χ2v) is 4.99. The Morgan fingerprint density at radius 3 is 2.39 bits per heavy atom. The minimum absolute atomic E-state index is 0.176. The van der Waals surface area contributed by atoms with Crippen LogP contribution in [-0.4, -0.2) is 62.5 Å². The van der Waals surface area contributed by atoms with Gasteiger partial charge >= 0.3 is 5.97 Å². The molecule has 0 aromatic rings. The summed E-state index contributed by atoms with van der Waals surface area (Å²) >= 11 is 0. The third-order valence-corrected chi connectivity index (χ3v) is 3.46. The number of hydrogen-bond donors (Lipinski definition) is 1. The minimum Gasteiger partial charge on any atom is -0.481 e. The summed E-state index contributed by atoms with van der Waals surface area (Å²) in [7, 11) is 3.30. The van der Waals surface area contributed by atoms with E-state index < -0.39 is 11.4 Å². The van der Waals surface area contributed by atoms with Crippen molar-refractivity contribution in [1.82, 2.24) is 4.90 Å². The van der Waals surface area contributed by atoms with Crippen molar-refractivity contribution in [2.24, 2.45) is 5.41 Å². The van der Waals surface area contributed by atoms with Crippen LogP contribution < -0.4 is 0 Å². The zero-order chi connectivity index (χ0) is 14.2. The molecular formula is C13H27NO4. The second-order valence-electron chi connectivity index (χ2n) is 4.99. The Morgan fingerprint density at radius 2 is 2.00 bits per heavy atom. The molecule has 0 fully saturated rings. The standard InChI is InChI=1S/C13H27NO4/c1-6-13(3,12(15)16)10-14(7-8-17-4)11(2)9-18-5/h11H,6-10H2,1-5H3,(H,15,16). The highest BCUT2D eigenvalue weighted by molar-refractivity contribution is 5.74. The zero-order valence-corrected chi connectivity index (χ0v) is 12.2. The molecule has 0 rings (SSSR count). The lowest BCUT2D eigenvalue weighted by molar-refractivity contribution is -0.150. The molecule has 0 aliphatic rings. The monoisotopic (exact) mass is 261 g/mol. The van der Waals surface area contributed by atoms with Crippen LogP contribution >= 0.6 is 0 Å². The predicted molar refractivity (Wildman–Crippen MR) is 70.8 cm³/mol. The summed E-state index contributed by atoms with van der Waals surface area (Å²) in [5.41, 5.74) is -0.726. The maximum absolute atomic E-state index is 11.4. The molecule has 108 valence electrons. The topological polar surface area (TPSA) is 59.0 Å². The number of ether oxygens (including phenoxy) is 2. The van der Waals surface area contributed by atoms with Crippen LogP contribution in [0.3, 0.4) is 0 Å². The maximum atomic E-state index is 11.4. The SMILES string of the molecule is CCC(C)(CN(CCOC)C(C)COC)C(=O)O. The molecule has 2 unspecified atom stereocenters. The average molecular weight is 261 g/mol. The Morgan fingerprint density at radius 1 is 1.39 bits per heavy atom. The van der Waals surface area contributed by atoms with Gasteiger partial charge in [-0.05, 0) is 20.3 Å². The highest BCUT2D eigenvalue weighted by atomic mass is 16.5. The lowest BCUT2D eigenvalue weighted by atomic mass is 9.86. The van der Waals surface area contributed by atoms with E-state index in [1.165, 1.54) is 0 Å². The summed E-state index contributed by atoms with van der Waals surface area (Å²) in [6.45, 7) is 8.13. The van der Waals surface area contributed by atoms with E-state index in [0.29, 0.717) is 32.7 Å². The van der Waals surface area contributed by atoms with E-state index in [-0.39, 0.29) is 6.04 Å². The van der Waals surface area contributed by atoms with Crippen molar-refractivity contribution in [2.45, 2.75) is 33.2 Å². The Labute approximate surface area is 110 Å². The van der Waals surface area contributed by atoms with Crippen LogP contribution in [0.4, 0.5) is 0 Å². The van der Waals surface area contributed by atoms with E-state index >= 15 is 0 Å². The van der Waals surface area contributed by atoms with Gasteiger partial charge in [0.15, 0.2) is 0 Å². The number of aliphatic carboxylic acids is 1. The summed E-state index contributed by atoms with van der Waals surface area (Å²) in [5.74, 6) is -0.753. The Kier molecular flexibility index (Phi) is 8.15. The summed E-state index contributed by atoms with van der Waals surface area (Å²) in [6, 6.07) is 0.176. The Hall–Kier alpha value is -0.650. The summed E-state index contributed by atoms with van der Waals surface area (Å²) in [5, 5.41) is 9.33. The highest BCUT2D eigenvalue weighted by Crippen LogP contribution is 2.24. The van der Waals surface area contributed by atoms with Gasteiger partial charge in [-0.15, -0.1) is 0 Å². The molecule has 2 atom stereocenters. The molecule has 5 heteroatoms. The zero-order valence-electron chi connectivity index (χ0n) is 12.2. The van der Waals surface area contributed by atoms with Crippen LogP contribution in [0.15, 0.2) is 0 Å². The van der Waals surface area contributed by atoms with Gasteiger partial charge in [0.05, 0.1) is 18.6 Å². The number of methoxy groups -OCH3 is 2. The highest BCUT2D eigenvalue weighted by Gasteiger charge is 2.34. The van der Waals surface area contributed by atoms with Crippen molar-refractivity contribution in [3.05, 3.63) is 0 Å². The molecule has 0 bridgehead atoms. The minimum atomic E-state index is -0.753. The van der Waals surface area contributed by atoms with Crippen molar-refractivity contribution in [3.63, 3.8) is 0 Å². The lowest BCUT2D eigenvalue weighted by Gasteiger charge is -2.35. The van der Waals surface area contributed by atoms with E-state index in [0.717, 1.165) is 0 Å². The Bertz CT molecular complexity index is 247. The molecule has 0 amide bonds. The number of carboxylic acids is 1. The largest absolute Gasteiger partial charge is 0.481 e. The van der Waals surface area contributed by atoms with Crippen LogP contribution in [0.2, 0.25) is 0 Å². The normalized spacial score (nSPS) is 16.6. The summed E-state index contributed by atoms with van der Waals surface area (Å²) in [6.07, 6.45) is 0.603. The first kappa shape index (κ1) is 17.4. The number of carbonyl (C=O) groups is 1. The van der Waals surface area contributed by atoms with E-state index in [1.807, 2.05) is 13.8 Å². The van der Waals surface area contributed by atoms with Gasteiger partial charge < -0.3 is 14.6 Å². The van der Waals surface area contributed by atoms with Crippen LogP contribution in [0.25, 0.3) is 0 Å². The smallest absolute Gasteiger partial charge is 0.310 e. The molecule has 0 heterocycles. The molecule has 0 aliphatic heterocycles. The van der Waals surface area contributed by atoms with E-state index in [2.05, 4.69) is 4.90 Å². The van der Waals surface area contributed by atoms with E-state index in [9.17, 15) is 9.90 Å². The van der Waals surface area contributed by atoms with Gasteiger partial charge in [0, 0.05) is 33.4 Å². The molecular weight excluding hydrogens is 234 g/mol. The maximum Gasteiger partial charge on any atom is 0.310 e. The first-order valence-electron chi connectivity index (χ1n) is 6.36. The lowest BCUT2D eigenvalue weighted by Crippen LogP contribution is -2.47. The molecule has 0 spiro atoms. The molecule has 1 N–H and O–H groups in total. The summed E-state index contributed by atoms with van der Waals surface area (Å²) < 4.78 is 10.2. The number of rotatable bonds is 10. The average Bonchev–Trinajstić information content (AvgIpc) is 2.34. The van der Waals surface area contributed by atoms with Gasteiger partial charge in [0.2, 0.25) is 0 Å². The van der Waals surface area contributed by atoms with Gasteiger partial charge in [-0.1, -0.05) is 6.92 Å². The van der Waals surface area contributed by atoms with Gasteiger partial charge in [-0.2, -0.15) is 0 Å². The quantitative estimate of drug-likeness (QED) is 0.645. The molecule has 0 saturated carbocycles. The third kappa shape index (κ3) is 5.33. The number of hydrogen-bond acceptors (Lipinski definition) is 4. The van der Waals surface area contributed by atoms with Gasteiger partial charge in [-0.25, -0.2) is 0 Å². The van der Waals surface area contributed by atoms with Gasteiger partial charge in [-0.3, -0.25) is 9.69 Å². The van der Waals surface area contributed by atoms with Crippen LogP contribution in [0.5, 0.6) is 0 Å². The predicted octanol–water partition coefficient (Wildman–Crippen LogP) is 1.47. The molecule has 0 aliphatic carbocycles. The fraction of sp³-hybridized carbons (Fsp3) is 0.923. The van der Waals surface area contributed by atoms with Gasteiger partial charge in [0.1, 0.15) is 0 Å². The molecule has 5 nitrogen and oxygen atoms in total. The van der Waals surface area contributed by atoms with E-state index in [4.69, 9.17) is 9.47 Å². The third-order valence-electron chi connectivity index (χ3n) is 3.46. The molecule has 0 radical (unpaired) electrons. The first-order valence-corrected chi connectivity index (χ1v) is 6.36. The fourth-order valence-electron chi connectivity index (χ4n) is 1.79. The number of carboxylic acid groups (broad SMARTS) is 1. The number of nitrogens with zero attached hydrogens (tertiary/aromatic N) is 1. The molecule has 0 saturated heterocycles. The first-order chi connectivity index (χ1) is 8.41. The van der Waals surface area contributed by atoms with Crippen LogP contribution in [0, 0.1) is 5.41 Å². The van der Waals surface area contributed by atoms with Gasteiger partial charge in [0.25, 0.3) is 0 Å². The van der Waals surface area contributed by atoms with Crippen molar-refractivity contribution in [1.29, 1.82) is 0 Å². The second kappa shape index (κ2) is 8.45. The molecule has 0 aromatic heterocycles. The fourth-order valence-corrected chi connectivity index (χ4v) is 1.79. The molecule has 18 heavy (non-hydrogen) atoms. The van der Waals surface area contributed by atoms with Crippen molar-refractivity contribution < 1.29 is 19.4 Å². The van der Waals surface area contributed by atoms with E-state index in [1.54, 1.807) is 21.1 Å². The Balaban J connectivity index is 4.69. The van der Waals surface area contributed by atoms with Crippen molar-refractivity contribution in [3.8, 4) is 0 Å².